The van der Waals surface area contributed by atoms with Crippen LogP contribution >= 0.6 is 0 Å². The van der Waals surface area contributed by atoms with E-state index in [4.69, 9.17) is 0 Å². The summed E-state index contributed by atoms with van der Waals surface area (Å²) in [6.07, 6.45) is 3.33. The second-order valence-electron chi connectivity index (χ2n) is 10.2. The minimum atomic E-state index is -0.885. The number of carbonyl (C=O) groups excluding carboxylic acids is 4. The normalized spacial score (nSPS) is 26.2. The summed E-state index contributed by atoms with van der Waals surface area (Å²) in [5, 5.41) is 20.8. The maximum atomic E-state index is 14.5. The zero-order valence-electron chi connectivity index (χ0n) is 20.6. The summed E-state index contributed by atoms with van der Waals surface area (Å²) < 4.78 is 14.5. The van der Waals surface area contributed by atoms with Gasteiger partial charge in [0.25, 0.3) is 5.69 Å². The molecule has 4 aliphatic rings. The van der Waals surface area contributed by atoms with Crippen molar-refractivity contribution in [3.8, 4) is 5.75 Å². The molecule has 4 atom stereocenters. The van der Waals surface area contributed by atoms with E-state index in [0.29, 0.717) is 11.1 Å². The van der Waals surface area contributed by atoms with E-state index in [2.05, 4.69) is 0 Å². The minimum absolute atomic E-state index is 0.0703. The third-order valence-electron chi connectivity index (χ3n) is 8.19. The number of fused-ring (bicyclic) bond motifs is 3. The van der Waals surface area contributed by atoms with Gasteiger partial charge in [-0.25, -0.2) is 4.39 Å². The predicted molar refractivity (Wildman–Crippen MR) is 135 cm³/mol. The zero-order chi connectivity index (χ0) is 27.7. The summed E-state index contributed by atoms with van der Waals surface area (Å²) >= 11 is 0. The molecule has 0 aromatic heterocycles. The monoisotopic (exact) mass is 528 g/mol. The third-order valence-corrected chi connectivity index (χ3v) is 8.19. The lowest BCUT2D eigenvalue weighted by atomic mass is 9.59. The van der Waals surface area contributed by atoms with Crippen LogP contribution in [-0.2, 0) is 19.2 Å². The van der Waals surface area contributed by atoms with Crippen molar-refractivity contribution in [1.29, 1.82) is 0 Å². The SMILES string of the molecule is CC1=CC(=O)C2=C(C1=O)[C@@H](c1ccc(O)c(F)c1)C1=CC[C@@H]3C(=O)N(c4ccc([N+](=O)[O-])cc4)C(=O)[C@@H]3[C@@H]1C2. The number of phenols is 1. The van der Waals surface area contributed by atoms with E-state index >= 15 is 0 Å². The van der Waals surface area contributed by atoms with Crippen molar-refractivity contribution >= 4 is 34.8 Å². The van der Waals surface area contributed by atoms with E-state index in [0.717, 1.165) is 11.0 Å². The van der Waals surface area contributed by atoms with Crippen LogP contribution in [0.15, 0.2) is 76.9 Å². The molecule has 1 fully saturated rings. The largest absolute Gasteiger partial charge is 0.505 e. The molecular weight excluding hydrogens is 507 g/mol. The molecule has 2 aromatic rings. The maximum Gasteiger partial charge on any atom is 0.269 e. The Morgan fingerprint density at radius 1 is 1.03 bits per heavy atom. The molecule has 196 valence electrons. The summed E-state index contributed by atoms with van der Waals surface area (Å²) in [4.78, 5) is 65.2. The number of hydrogen-bond acceptors (Lipinski definition) is 7. The standard InChI is InChI=1S/C29H21FN2O7/c1-13-10-23(34)20-12-19-17(24(26(20)27(13)35)14-2-9-22(33)21(30)11-14)7-8-18-25(19)29(37)31(28(18)36)15-3-5-16(6-4-15)32(38)39/h2-7,9-11,18-19,24-25,33H,8,12H2,1H3/t18-,19+,24-,25-/m0/s1. The van der Waals surface area contributed by atoms with Crippen molar-refractivity contribution in [2.24, 2.45) is 17.8 Å². The van der Waals surface area contributed by atoms with Gasteiger partial charge in [0.15, 0.2) is 23.1 Å². The smallest absolute Gasteiger partial charge is 0.269 e. The molecule has 2 amide bonds. The first-order valence-electron chi connectivity index (χ1n) is 12.4. The van der Waals surface area contributed by atoms with Gasteiger partial charge >= 0.3 is 0 Å². The summed E-state index contributed by atoms with van der Waals surface area (Å²) in [5.74, 6) is -6.06. The van der Waals surface area contributed by atoms with E-state index in [9.17, 15) is 38.8 Å². The molecule has 0 radical (unpaired) electrons. The second-order valence-corrected chi connectivity index (χ2v) is 10.2. The molecule has 1 N–H and O–H groups in total. The minimum Gasteiger partial charge on any atom is -0.505 e. The van der Waals surface area contributed by atoms with Crippen molar-refractivity contribution in [3.05, 3.63) is 98.4 Å². The number of nitrogens with zero attached hydrogens (tertiary/aromatic N) is 2. The Balaban J connectivity index is 1.46. The third kappa shape index (κ3) is 3.58. The van der Waals surface area contributed by atoms with Gasteiger partial charge in [-0.3, -0.25) is 34.2 Å². The Bertz CT molecular complexity index is 1620. The lowest BCUT2D eigenvalue weighted by Crippen LogP contribution is -2.39. The number of rotatable bonds is 3. The quantitative estimate of drug-likeness (QED) is 0.209. The molecule has 10 heteroatoms. The average molecular weight is 528 g/mol. The topological polar surface area (TPSA) is 135 Å². The number of benzene rings is 2. The van der Waals surface area contributed by atoms with E-state index in [1.165, 1.54) is 49.4 Å². The maximum absolute atomic E-state index is 14.5. The summed E-state index contributed by atoms with van der Waals surface area (Å²) in [5.41, 5.74) is 1.76. The van der Waals surface area contributed by atoms with Crippen LogP contribution in [0.25, 0.3) is 0 Å². The molecular formula is C29H21FN2O7. The molecule has 0 spiro atoms. The van der Waals surface area contributed by atoms with Gasteiger partial charge in [0.1, 0.15) is 0 Å². The number of imide groups is 1. The van der Waals surface area contributed by atoms with Crippen LogP contribution in [0.2, 0.25) is 0 Å². The fraction of sp³-hybridized carbons (Fsp3) is 0.241. The number of allylic oxidation sites excluding steroid dienone is 6. The molecule has 9 nitrogen and oxygen atoms in total. The van der Waals surface area contributed by atoms with Crippen molar-refractivity contribution in [2.75, 3.05) is 4.90 Å². The fourth-order valence-corrected chi connectivity index (χ4v) is 6.42. The molecule has 2 aromatic carbocycles. The highest BCUT2D eigenvalue weighted by molar-refractivity contribution is 6.25. The van der Waals surface area contributed by atoms with E-state index in [1.807, 2.05) is 0 Å². The average Bonchev–Trinajstić information content (AvgIpc) is 3.17. The number of phenolic OH excluding ortho intramolecular Hbond substituents is 1. The summed E-state index contributed by atoms with van der Waals surface area (Å²) in [7, 11) is 0. The molecule has 3 aliphatic carbocycles. The van der Waals surface area contributed by atoms with Gasteiger partial charge in [-0.1, -0.05) is 17.7 Å². The lowest BCUT2D eigenvalue weighted by molar-refractivity contribution is -0.384. The first kappa shape index (κ1) is 24.6. The van der Waals surface area contributed by atoms with Crippen LogP contribution < -0.4 is 4.90 Å². The molecule has 1 saturated heterocycles. The number of anilines is 1. The van der Waals surface area contributed by atoms with Gasteiger partial charge in [-0.15, -0.1) is 0 Å². The summed E-state index contributed by atoms with van der Waals surface area (Å²) in [6.45, 7) is 1.54. The van der Waals surface area contributed by atoms with Gasteiger partial charge in [0.2, 0.25) is 11.8 Å². The number of non-ortho nitro benzene ring substituents is 1. The Hall–Kier alpha value is -4.73. The first-order valence-corrected chi connectivity index (χ1v) is 12.4. The van der Waals surface area contributed by atoms with Gasteiger partial charge in [-0.05, 0) is 61.6 Å². The zero-order valence-corrected chi connectivity index (χ0v) is 20.6. The number of hydrogen-bond donors (Lipinski definition) is 1. The molecule has 0 saturated carbocycles. The van der Waals surface area contributed by atoms with Crippen molar-refractivity contribution in [3.63, 3.8) is 0 Å². The van der Waals surface area contributed by atoms with Crippen LogP contribution in [0.3, 0.4) is 0 Å². The molecule has 1 aliphatic heterocycles. The number of Topliss-reactive ketones (excluding diaryl/α,β-unsaturated/α-hetero) is 1. The van der Waals surface area contributed by atoms with Crippen LogP contribution in [-0.4, -0.2) is 33.4 Å². The molecule has 1 heterocycles. The molecule has 0 unspecified atom stereocenters. The Morgan fingerprint density at radius 2 is 1.74 bits per heavy atom. The number of halogens is 1. The molecule has 39 heavy (non-hydrogen) atoms. The highest BCUT2D eigenvalue weighted by atomic mass is 19.1. The Morgan fingerprint density at radius 3 is 2.41 bits per heavy atom. The number of nitro groups is 1. The van der Waals surface area contributed by atoms with Crippen LogP contribution in [0.5, 0.6) is 5.75 Å². The van der Waals surface area contributed by atoms with E-state index in [-0.39, 0.29) is 52.5 Å². The lowest BCUT2D eigenvalue weighted by Gasteiger charge is -2.42. The van der Waals surface area contributed by atoms with Crippen LogP contribution in [0.4, 0.5) is 15.8 Å². The molecule has 0 bridgehead atoms. The van der Waals surface area contributed by atoms with E-state index in [1.54, 1.807) is 6.08 Å². The molecule has 6 rings (SSSR count). The Kier molecular flexibility index (Phi) is 5.46. The highest BCUT2D eigenvalue weighted by Crippen LogP contribution is 2.55. The first-order chi connectivity index (χ1) is 18.6. The highest BCUT2D eigenvalue weighted by Gasteiger charge is 2.56. The number of carbonyl (C=O) groups is 4. The van der Waals surface area contributed by atoms with Crippen LogP contribution in [0, 0.1) is 33.7 Å². The van der Waals surface area contributed by atoms with Gasteiger partial charge < -0.3 is 5.11 Å². The second kappa shape index (κ2) is 8.65. The predicted octanol–water partition coefficient (Wildman–Crippen LogP) is 4.07. The summed E-state index contributed by atoms with van der Waals surface area (Å²) in [6, 6.07) is 8.92. The Labute approximate surface area is 221 Å². The number of nitro benzene ring substituents is 1. The van der Waals surface area contributed by atoms with Gasteiger partial charge in [-0.2, -0.15) is 0 Å². The van der Waals surface area contributed by atoms with Crippen molar-refractivity contribution in [2.45, 2.75) is 25.7 Å². The van der Waals surface area contributed by atoms with Crippen LogP contribution in [0.1, 0.15) is 31.2 Å². The van der Waals surface area contributed by atoms with Crippen molar-refractivity contribution in [1.82, 2.24) is 0 Å². The van der Waals surface area contributed by atoms with E-state index < -0.39 is 52.0 Å². The van der Waals surface area contributed by atoms with Gasteiger partial charge in [0.05, 0.1) is 22.4 Å². The van der Waals surface area contributed by atoms with Crippen molar-refractivity contribution < 1.29 is 33.6 Å². The fourth-order valence-electron chi connectivity index (χ4n) is 6.42. The number of amides is 2. The number of ketones is 2. The van der Waals surface area contributed by atoms with Gasteiger partial charge in [0, 0.05) is 34.8 Å². The number of aromatic hydroxyl groups is 1.